The lowest BCUT2D eigenvalue weighted by atomic mass is 10.1. The quantitative estimate of drug-likeness (QED) is 0.237. The van der Waals surface area contributed by atoms with Crippen molar-refractivity contribution in [3.63, 3.8) is 0 Å². The van der Waals surface area contributed by atoms with Crippen LogP contribution in [0, 0.1) is 0 Å². The van der Waals surface area contributed by atoms with Crippen LogP contribution in [0.15, 0.2) is 29.3 Å². The number of piperazine rings is 1. The third kappa shape index (κ3) is 8.84. The summed E-state index contributed by atoms with van der Waals surface area (Å²) in [4.78, 5) is 8.18. The molecule has 12 heteroatoms. The van der Waals surface area contributed by atoms with Gasteiger partial charge < -0.3 is 19.9 Å². The Labute approximate surface area is 192 Å². The van der Waals surface area contributed by atoms with Crippen molar-refractivity contribution in [2.24, 2.45) is 4.99 Å². The second kappa shape index (κ2) is 11.9. The van der Waals surface area contributed by atoms with Crippen LogP contribution < -0.4 is 10.2 Å². The second-order valence-corrected chi connectivity index (χ2v) is 9.00. The van der Waals surface area contributed by atoms with E-state index in [1.807, 2.05) is 9.80 Å². The number of aliphatic imine (C=N–C) groups is 1. The molecule has 0 amide bonds. The van der Waals surface area contributed by atoms with Crippen molar-refractivity contribution in [3.8, 4) is 0 Å². The lowest BCUT2D eigenvalue weighted by Crippen LogP contribution is -2.53. The molecule has 1 saturated heterocycles. The number of anilines is 1. The Hall–Kier alpha value is -1.28. The first kappa shape index (κ1) is 26.8. The molecule has 1 aliphatic heterocycles. The molecular weight excluding hydrogens is 536 g/mol. The summed E-state index contributed by atoms with van der Waals surface area (Å²) in [6.45, 7) is 3.35. The van der Waals surface area contributed by atoms with Gasteiger partial charge in [-0.25, -0.2) is 8.42 Å². The first-order valence-electron chi connectivity index (χ1n) is 9.23. The summed E-state index contributed by atoms with van der Waals surface area (Å²) in [5, 5.41) is 3.15. The molecule has 1 aromatic carbocycles. The smallest absolute Gasteiger partial charge is 0.379 e. The average molecular weight is 564 g/mol. The molecule has 0 spiro atoms. The van der Waals surface area contributed by atoms with Crippen LogP contribution in [0.2, 0.25) is 0 Å². The lowest BCUT2D eigenvalue weighted by molar-refractivity contribution is -0.137. The van der Waals surface area contributed by atoms with Gasteiger partial charge in [0.2, 0.25) is 0 Å². The fourth-order valence-corrected chi connectivity index (χ4v) is 3.36. The number of rotatable bonds is 7. The van der Waals surface area contributed by atoms with E-state index in [4.69, 9.17) is 4.74 Å². The van der Waals surface area contributed by atoms with Gasteiger partial charge in [-0.05, 0) is 18.2 Å². The molecule has 0 saturated carbocycles. The summed E-state index contributed by atoms with van der Waals surface area (Å²) < 4.78 is 66.1. The fourth-order valence-electron chi connectivity index (χ4n) is 2.94. The highest BCUT2D eigenvalue weighted by Gasteiger charge is 2.31. The Kier molecular flexibility index (Phi) is 10.6. The summed E-state index contributed by atoms with van der Waals surface area (Å²) in [5.41, 5.74) is -0.0903. The Morgan fingerprint density at radius 3 is 2.43 bits per heavy atom. The maximum atomic E-state index is 12.9. The standard InChI is InChI=1S/C18H27F3N4O3S.HI/c1-22-17(23-6-11-28-12-13-29(2,26)27)25-9-7-24(8-10-25)16-5-3-4-15(14-16)18(19,20)21;/h3-5,14H,6-13H2,1-2H3,(H,22,23);1H. The molecule has 1 N–H and O–H groups in total. The van der Waals surface area contributed by atoms with Gasteiger partial charge >= 0.3 is 6.18 Å². The fraction of sp³-hybridized carbons (Fsp3) is 0.611. The van der Waals surface area contributed by atoms with E-state index >= 15 is 0 Å². The van der Waals surface area contributed by atoms with Crippen LogP contribution in [0.4, 0.5) is 18.9 Å². The van der Waals surface area contributed by atoms with Gasteiger partial charge in [-0.2, -0.15) is 13.2 Å². The number of halogens is 4. The molecule has 0 atom stereocenters. The number of nitrogens with zero attached hydrogens (tertiary/aromatic N) is 3. The van der Waals surface area contributed by atoms with Crippen LogP contribution >= 0.6 is 24.0 Å². The van der Waals surface area contributed by atoms with Crippen LogP contribution in [-0.2, 0) is 20.8 Å². The Bertz CT molecular complexity index is 798. The minimum Gasteiger partial charge on any atom is -0.379 e. The number of benzene rings is 1. The van der Waals surface area contributed by atoms with Gasteiger partial charge in [0, 0.05) is 51.7 Å². The Balaban J connectivity index is 0.00000450. The van der Waals surface area contributed by atoms with E-state index in [2.05, 4.69) is 10.3 Å². The SMILES string of the molecule is CN=C(NCCOCCS(C)(=O)=O)N1CCN(c2cccc(C(F)(F)F)c2)CC1.I. The Morgan fingerprint density at radius 2 is 1.87 bits per heavy atom. The molecule has 1 aromatic rings. The molecule has 172 valence electrons. The third-order valence-electron chi connectivity index (χ3n) is 4.46. The molecule has 7 nitrogen and oxygen atoms in total. The van der Waals surface area contributed by atoms with Crippen LogP contribution in [0.3, 0.4) is 0 Å². The highest BCUT2D eigenvalue weighted by Crippen LogP contribution is 2.31. The van der Waals surface area contributed by atoms with E-state index in [0.717, 1.165) is 12.3 Å². The van der Waals surface area contributed by atoms with Crippen LogP contribution in [0.5, 0.6) is 0 Å². The van der Waals surface area contributed by atoms with Crippen LogP contribution in [0.25, 0.3) is 0 Å². The van der Waals surface area contributed by atoms with Crippen LogP contribution in [-0.4, -0.2) is 84.3 Å². The van der Waals surface area contributed by atoms with Crippen molar-refractivity contribution in [2.75, 3.05) is 69.9 Å². The number of sulfone groups is 1. The van der Waals surface area contributed by atoms with E-state index in [1.165, 1.54) is 12.1 Å². The molecule has 1 heterocycles. The number of hydrogen-bond donors (Lipinski definition) is 1. The predicted molar refractivity (Wildman–Crippen MR) is 123 cm³/mol. The minimum absolute atomic E-state index is 0. The zero-order valence-electron chi connectivity index (χ0n) is 17.0. The number of guanidine groups is 1. The van der Waals surface area contributed by atoms with Gasteiger partial charge in [-0.15, -0.1) is 24.0 Å². The van der Waals surface area contributed by atoms with Gasteiger partial charge in [0.05, 0.1) is 24.5 Å². The predicted octanol–water partition coefficient (Wildman–Crippen LogP) is 2.08. The highest BCUT2D eigenvalue weighted by molar-refractivity contribution is 14.0. The third-order valence-corrected chi connectivity index (χ3v) is 5.37. The molecule has 1 aliphatic rings. The van der Waals surface area contributed by atoms with E-state index < -0.39 is 21.6 Å². The van der Waals surface area contributed by atoms with Crippen molar-refractivity contribution in [3.05, 3.63) is 29.8 Å². The van der Waals surface area contributed by atoms with Crippen LogP contribution in [0.1, 0.15) is 5.56 Å². The monoisotopic (exact) mass is 564 g/mol. The van der Waals surface area contributed by atoms with Gasteiger partial charge in [-0.1, -0.05) is 6.07 Å². The molecule has 30 heavy (non-hydrogen) atoms. The summed E-state index contributed by atoms with van der Waals surface area (Å²) in [6, 6.07) is 5.36. The number of hydrogen-bond acceptors (Lipinski definition) is 5. The molecule has 0 radical (unpaired) electrons. The molecule has 0 unspecified atom stereocenters. The molecule has 2 rings (SSSR count). The molecule has 0 aliphatic carbocycles. The summed E-state index contributed by atoms with van der Waals surface area (Å²) in [7, 11) is -1.37. The molecule has 0 bridgehead atoms. The zero-order chi connectivity index (χ0) is 21.5. The normalized spacial score (nSPS) is 15.7. The molecule has 0 aromatic heterocycles. The Morgan fingerprint density at radius 1 is 1.20 bits per heavy atom. The van der Waals surface area contributed by atoms with E-state index in [0.29, 0.717) is 51.0 Å². The zero-order valence-corrected chi connectivity index (χ0v) is 20.1. The van der Waals surface area contributed by atoms with E-state index in [1.54, 1.807) is 13.1 Å². The molecule has 1 fully saturated rings. The topological polar surface area (TPSA) is 74.2 Å². The number of ether oxygens (including phenoxy) is 1. The molecular formula is C18H28F3IN4O3S. The van der Waals surface area contributed by atoms with Gasteiger partial charge in [0.25, 0.3) is 0 Å². The average Bonchev–Trinajstić information content (AvgIpc) is 2.66. The second-order valence-electron chi connectivity index (χ2n) is 6.74. The first-order chi connectivity index (χ1) is 13.6. The van der Waals surface area contributed by atoms with Gasteiger partial charge in [0.1, 0.15) is 9.84 Å². The summed E-state index contributed by atoms with van der Waals surface area (Å²) >= 11 is 0. The maximum absolute atomic E-state index is 12.9. The van der Waals surface area contributed by atoms with Crippen molar-refractivity contribution >= 4 is 45.5 Å². The van der Waals surface area contributed by atoms with Gasteiger partial charge in [-0.3, -0.25) is 4.99 Å². The van der Waals surface area contributed by atoms with E-state index in [-0.39, 0.29) is 36.3 Å². The largest absolute Gasteiger partial charge is 0.416 e. The minimum atomic E-state index is -4.35. The van der Waals surface area contributed by atoms with Crippen molar-refractivity contribution in [1.29, 1.82) is 0 Å². The summed E-state index contributed by atoms with van der Waals surface area (Å²) in [6.07, 6.45) is -3.19. The van der Waals surface area contributed by atoms with Crippen molar-refractivity contribution in [1.82, 2.24) is 10.2 Å². The van der Waals surface area contributed by atoms with Crippen molar-refractivity contribution in [2.45, 2.75) is 6.18 Å². The number of nitrogens with one attached hydrogen (secondary N) is 1. The number of alkyl halides is 3. The maximum Gasteiger partial charge on any atom is 0.416 e. The van der Waals surface area contributed by atoms with E-state index in [9.17, 15) is 21.6 Å². The first-order valence-corrected chi connectivity index (χ1v) is 11.3. The summed E-state index contributed by atoms with van der Waals surface area (Å²) in [5.74, 6) is 0.666. The van der Waals surface area contributed by atoms with Crippen molar-refractivity contribution < 1.29 is 26.3 Å². The lowest BCUT2D eigenvalue weighted by Gasteiger charge is -2.37. The highest BCUT2D eigenvalue weighted by atomic mass is 127. The van der Waals surface area contributed by atoms with Gasteiger partial charge in [0.15, 0.2) is 5.96 Å².